The minimum absolute atomic E-state index is 0.0417. The van der Waals surface area contributed by atoms with Gasteiger partial charge in [0, 0.05) is 55.4 Å². The first-order valence-electron chi connectivity index (χ1n) is 14.7. The summed E-state index contributed by atoms with van der Waals surface area (Å²) in [7, 11) is 0. The Morgan fingerprint density at radius 2 is 1.70 bits per heavy atom. The number of carbonyl (C=O) groups excluding carboxylic acids is 2. The number of hydrogen-bond donors (Lipinski definition) is 2. The van der Waals surface area contributed by atoms with Gasteiger partial charge in [0.1, 0.15) is 11.4 Å². The number of aliphatic hydroxyl groups is 1. The van der Waals surface area contributed by atoms with Crippen molar-refractivity contribution in [2.24, 2.45) is 0 Å². The number of nitrogens with one attached hydrogen (secondary N) is 1. The van der Waals surface area contributed by atoms with Crippen LogP contribution in [0.5, 0.6) is 0 Å². The monoisotopic (exact) mass is 612 g/mol. The molecule has 3 fully saturated rings. The maximum Gasteiger partial charge on any atom is 0.416 e. The van der Waals surface area contributed by atoms with Crippen molar-refractivity contribution in [2.45, 2.75) is 68.4 Å². The number of rotatable bonds is 6. The second kappa shape index (κ2) is 11.8. The van der Waals surface area contributed by atoms with E-state index in [4.69, 9.17) is 0 Å². The molecule has 44 heavy (non-hydrogen) atoms. The van der Waals surface area contributed by atoms with Crippen LogP contribution in [-0.4, -0.2) is 79.4 Å². The van der Waals surface area contributed by atoms with E-state index in [2.05, 4.69) is 25.2 Å². The third-order valence-corrected chi connectivity index (χ3v) is 9.19. The van der Waals surface area contributed by atoms with Crippen LogP contribution in [0.15, 0.2) is 55.0 Å². The van der Waals surface area contributed by atoms with Crippen LogP contribution in [0.4, 0.5) is 17.6 Å². The SMILES string of the molecule is O=C(NCC(=O)N1CC[C@H]2[C@@H]1CCN2C1CCC(O)(c2ccc(-c3ncccn3)cn2)CC1)c1cc(C(F)(F)F)ccc1F. The Bertz CT molecular complexity index is 1510. The Kier molecular flexibility index (Phi) is 8.10. The molecule has 6 rings (SSSR count). The lowest BCUT2D eigenvalue weighted by Crippen LogP contribution is -2.47. The van der Waals surface area contributed by atoms with Crippen molar-refractivity contribution in [3.05, 3.63) is 77.6 Å². The third-order valence-electron chi connectivity index (χ3n) is 9.19. The molecule has 0 bridgehead atoms. The summed E-state index contributed by atoms with van der Waals surface area (Å²) in [6.07, 6.45) is 4.47. The molecule has 13 heteroatoms. The number of fused-ring (bicyclic) bond motifs is 1. The number of likely N-dealkylation sites (tertiary alicyclic amines) is 2. The fraction of sp³-hybridized carbons (Fsp3) is 0.452. The number of hydrogen-bond acceptors (Lipinski definition) is 7. The molecule has 9 nitrogen and oxygen atoms in total. The zero-order valence-electron chi connectivity index (χ0n) is 23.8. The molecule has 2 atom stereocenters. The van der Waals surface area contributed by atoms with Gasteiger partial charge in [-0.3, -0.25) is 19.5 Å². The number of amides is 2. The Balaban J connectivity index is 1.02. The maximum atomic E-state index is 14.1. The standard InChI is InChI=1S/C31H32F4N6O3/c32-23-4-3-20(31(33,34)35)16-22(23)29(43)39-18-27(42)41-15-9-24-25(41)8-14-40(24)21-6-10-30(44,11-7-21)26-5-2-19(17-38-26)28-36-12-1-13-37-28/h1-5,12-13,16-17,21,24-25,44H,6-11,14-15,18H2,(H,39,43)/t21?,24-,25-,30?/m0/s1. The highest BCUT2D eigenvalue weighted by molar-refractivity contribution is 5.97. The Morgan fingerprint density at radius 3 is 2.39 bits per heavy atom. The summed E-state index contributed by atoms with van der Waals surface area (Å²) >= 11 is 0. The largest absolute Gasteiger partial charge is 0.416 e. The number of carbonyl (C=O) groups is 2. The summed E-state index contributed by atoms with van der Waals surface area (Å²) in [5.41, 5.74) is -1.53. The van der Waals surface area contributed by atoms with Gasteiger partial charge in [-0.15, -0.1) is 0 Å². The highest BCUT2D eigenvalue weighted by atomic mass is 19.4. The number of benzene rings is 1. The molecule has 0 unspecified atom stereocenters. The summed E-state index contributed by atoms with van der Waals surface area (Å²) in [6.45, 7) is 0.862. The first-order valence-corrected chi connectivity index (χ1v) is 14.7. The summed E-state index contributed by atoms with van der Waals surface area (Å²) in [4.78, 5) is 42.7. The lowest BCUT2D eigenvalue weighted by molar-refractivity contribution is -0.137. The minimum Gasteiger partial charge on any atom is -0.384 e. The van der Waals surface area contributed by atoms with Crippen LogP contribution >= 0.6 is 0 Å². The van der Waals surface area contributed by atoms with Gasteiger partial charge in [0.2, 0.25) is 5.91 Å². The van der Waals surface area contributed by atoms with E-state index in [1.54, 1.807) is 29.6 Å². The molecule has 4 heterocycles. The zero-order chi connectivity index (χ0) is 31.1. The summed E-state index contributed by atoms with van der Waals surface area (Å²) in [6, 6.07) is 7.41. The number of nitrogens with zero attached hydrogens (tertiary/aromatic N) is 5. The van der Waals surface area contributed by atoms with E-state index < -0.39 is 41.2 Å². The summed E-state index contributed by atoms with van der Waals surface area (Å²) in [5.74, 6) is -1.95. The molecular formula is C31H32F4N6O3. The first-order chi connectivity index (χ1) is 21.0. The van der Waals surface area contributed by atoms with Crippen LogP contribution in [0.2, 0.25) is 0 Å². The zero-order valence-corrected chi connectivity index (χ0v) is 23.8. The van der Waals surface area contributed by atoms with Crippen molar-refractivity contribution >= 4 is 11.8 Å². The van der Waals surface area contributed by atoms with E-state index in [0.717, 1.165) is 37.8 Å². The average Bonchev–Trinajstić information content (AvgIpc) is 3.63. The maximum absolute atomic E-state index is 14.1. The van der Waals surface area contributed by atoms with Crippen molar-refractivity contribution in [1.82, 2.24) is 30.1 Å². The molecule has 2 amide bonds. The fourth-order valence-electron chi connectivity index (χ4n) is 6.93. The molecule has 2 saturated heterocycles. The highest BCUT2D eigenvalue weighted by Gasteiger charge is 2.48. The highest BCUT2D eigenvalue weighted by Crippen LogP contribution is 2.42. The van der Waals surface area contributed by atoms with Gasteiger partial charge in [-0.2, -0.15) is 13.2 Å². The second-order valence-electron chi connectivity index (χ2n) is 11.7. The minimum atomic E-state index is -4.73. The Morgan fingerprint density at radius 1 is 0.977 bits per heavy atom. The van der Waals surface area contributed by atoms with E-state index in [-0.39, 0.29) is 24.0 Å². The van der Waals surface area contributed by atoms with E-state index in [0.29, 0.717) is 49.1 Å². The summed E-state index contributed by atoms with van der Waals surface area (Å²) in [5, 5.41) is 13.7. The van der Waals surface area contributed by atoms with Crippen molar-refractivity contribution in [3.8, 4) is 11.4 Å². The van der Waals surface area contributed by atoms with Gasteiger partial charge in [0.05, 0.1) is 23.4 Å². The number of aromatic nitrogens is 3. The van der Waals surface area contributed by atoms with Crippen LogP contribution < -0.4 is 5.32 Å². The molecule has 232 valence electrons. The normalized spacial score (nSPS) is 25.6. The first kappa shape index (κ1) is 30.1. The molecule has 1 aromatic carbocycles. The average molecular weight is 613 g/mol. The van der Waals surface area contributed by atoms with E-state index in [1.165, 1.54) is 0 Å². The van der Waals surface area contributed by atoms with Crippen molar-refractivity contribution in [2.75, 3.05) is 19.6 Å². The second-order valence-corrected chi connectivity index (χ2v) is 11.7. The van der Waals surface area contributed by atoms with E-state index >= 15 is 0 Å². The van der Waals surface area contributed by atoms with Gasteiger partial charge in [0.15, 0.2) is 5.82 Å². The lowest BCUT2D eigenvalue weighted by Gasteiger charge is -2.41. The molecule has 2 N–H and O–H groups in total. The van der Waals surface area contributed by atoms with Crippen LogP contribution in [0.3, 0.4) is 0 Å². The van der Waals surface area contributed by atoms with Crippen molar-refractivity contribution in [1.29, 1.82) is 0 Å². The molecule has 0 spiro atoms. The topological polar surface area (TPSA) is 112 Å². The lowest BCUT2D eigenvalue weighted by atomic mass is 9.79. The number of pyridine rings is 1. The number of alkyl halides is 3. The molecule has 2 aromatic heterocycles. The predicted molar refractivity (Wildman–Crippen MR) is 150 cm³/mol. The quantitative estimate of drug-likeness (QED) is 0.406. The molecule has 2 aliphatic heterocycles. The third kappa shape index (κ3) is 5.90. The molecular weight excluding hydrogens is 580 g/mol. The van der Waals surface area contributed by atoms with E-state index in [9.17, 15) is 32.3 Å². The molecule has 3 aliphatic rings. The van der Waals surface area contributed by atoms with Gasteiger partial charge in [-0.25, -0.2) is 14.4 Å². The van der Waals surface area contributed by atoms with E-state index in [1.807, 2.05) is 12.1 Å². The van der Waals surface area contributed by atoms with Gasteiger partial charge in [-0.1, -0.05) is 0 Å². The molecule has 0 radical (unpaired) electrons. The van der Waals surface area contributed by atoms with Gasteiger partial charge >= 0.3 is 6.18 Å². The van der Waals surface area contributed by atoms with Gasteiger partial charge in [-0.05, 0) is 74.9 Å². The Labute approximate surface area is 251 Å². The van der Waals surface area contributed by atoms with Gasteiger partial charge < -0.3 is 15.3 Å². The van der Waals surface area contributed by atoms with Crippen LogP contribution in [0, 0.1) is 5.82 Å². The predicted octanol–water partition coefficient (Wildman–Crippen LogP) is 3.93. The molecule has 1 saturated carbocycles. The van der Waals surface area contributed by atoms with Crippen LogP contribution in [0.1, 0.15) is 60.1 Å². The smallest absolute Gasteiger partial charge is 0.384 e. The van der Waals surface area contributed by atoms with Gasteiger partial charge in [0.25, 0.3) is 5.91 Å². The molecule has 1 aliphatic carbocycles. The fourth-order valence-corrected chi connectivity index (χ4v) is 6.93. The molecule has 3 aromatic rings. The van der Waals surface area contributed by atoms with Crippen molar-refractivity contribution in [3.63, 3.8) is 0 Å². The van der Waals surface area contributed by atoms with Crippen LogP contribution in [0.25, 0.3) is 11.4 Å². The summed E-state index contributed by atoms with van der Waals surface area (Å²) < 4.78 is 53.2. The van der Waals surface area contributed by atoms with Crippen molar-refractivity contribution < 1.29 is 32.3 Å². The number of halogens is 4. The Hall–Kier alpha value is -3.97. The van der Waals surface area contributed by atoms with Crippen LogP contribution in [-0.2, 0) is 16.6 Å².